The Morgan fingerprint density at radius 1 is 1.19 bits per heavy atom. The Morgan fingerprint density at radius 3 is 2.67 bits per heavy atom. The molecule has 2 aromatic carbocycles. The summed E-state index contributed by atoms with van der Waals surface area (Å²) in [4.78, 5) is 4.26. The lowest BCUT2D eigenvalue weighted by Gasteiger charge is -2.14. The van der Waals surface area contributed by atoms with Gasteiger partial charge >= 0.3 is 5.82 Å². The maximum Gasteiger partial charge on any atom is 0.318 e. The quantitative estimate of drug-likeness (QED) is 0.443. The molecule has 0 aliphatic carbocycles. The van der Waals surface area contributed by atoms with Crippen LogP contribution < -0.4 is 10.2 Å². The number of nitrogens with zero attached hydrogens (tertiary/aromatic N) is 2. The van der Waals surface area contributed by atoms with Crippen LogP contribution in [0.1, 0.15) is 5.82 Å². The van der Waals surface area contributed by atoms with Crippen molar-refractivity contribution in [2.24, 2.45) is 0 Å². The summed E-state index contributed by atoms with van der Waals surface area (Å²) in [5, 5.41) is 22.6. The lowest BCUT2D eigenvalue weighted by Crippen LogP contribution is -2.38. The summed E-state index contributed by atoms with van der Waals surface area (Å²) in [7, 11) is 0. The highest BCUT2D eigenvalue weighted by atomic mass is 35.5. The van der Waals surface area contributed by atoms with Gasteiger partial charge in [0.2, 0.25) is 0 Å². The van der Waals surface area contributed by atoms with Crippen molar-refractivity contribution in [1.29, 1.82) is 0 Å². The van der Waals surface area contributed by atoms with Crippen LogP contribution in [-0.2, 0) is 6.54 Å². The second kappa shape index (κ2) is 5.65. The molecule has 106 valence electrons. The van der Waals surface area contributed by atoms with Crippen LogP contribution in [0.15, 0.2) is 48.5 Å². The van der Waals surface area contributed by atoms with E-state index >= 15 is 0 Å². The van der Waals surface area contributed by atoms with Crippen LogP contribution in [0.2, 0.25) is 5.02 Å². The lowest BCUT2D eigenvalue weighted by molar-refractivity contribution is -0.605. The van der Waals surface area contributed by atoms with Crippen molar-refractivity contribution in [3.63, 3.8) is 0 Å². The first-order valence-corrected chi connectivity index (χ1v) is 6.72. The molecule has 0 spiro atoms. The van der Waals surface area contributed by atoms with Crippen LogP contribution in [0.3, 0.4) is 0 Å². The van der Waals surface area contributed by atoms with Gasteiger partial charge in [0.15, 0.2) is 5.52 Å². The van der Waals surface area contributed by atoms with E-state index in [0.29, 0.717) is 21.6 Å². The third-order valence-electron chi connectivity index (χ3n) is 3.19. The van der Waals surface area contributed by atoms with Crippen molar-refractivity contribution < 1.29 is 9.94 Å². The molecule has 0 aliphatic heterocycles. The SMILES string of the molecule is [O-][n+]1c(CNO)nc2ccc(Cl)cc2c1-c1ccccc1. The molecule has 3 rings (SSSR count). The molecule has 0 aliphatic rings. The smallest absolute Gasteiger partial charge is 0.318 e. The molecule has 1 aromatic heterocycles. The van der Waals surface area contributed by atoms with E-state index in [4.69, 9.17) is 16.8 Å². The summed E-state index contributed by atoms with van der Waals surface area (Å²) < 4.78 is 0.719. The number of hydroxylamine groups is 1. The van der Waals surface area contributed by atoms with Gasteiger partial charge in [-0.15, -0.1) is 0 Å². The second-order valence-electron chi connectivity index (χ2n) is 4.53. The fourth-order valence-corrected chi connectivity index (χ4v) is 2.44. The van der Waals surface area contributed by atoms with Gasteiger partial charge in [-0.2, -0.15) is 5.48 Å². The largest absolute Gasteiger partial charge is 0.710 e. The molecule has 1 heterocycles. The highest BCUT2D eigenvalue weighted by Gasteiger charge is 2.19. The molecule has 0 amide bonds. The molecule has 2 N–H and O–H groups in total. The van der Waals surface area contributed by atoms with E-state index in [1.54, 1.807) is 18.2 Å². The summed E-state index contributed by atoms with van der Waals surface area (Å²) >= 11 is 6.04. The average molecular weight is 302 g/mol. The molecular formula is C15H12ClN3O2. The topological polar surface area (TPSA) is 72.1 Å². The second-order valence-corrected chi connectivity index (χ2v) is 4.97. The summed E-state index contributed by atoms with van der Waals surface area (Å²) in [6.07, 6.45) is 0. The van der Waals surface area contributed by atoms with Crippen LogP contribution in [0.4, 0.5) is 0 Å². The molecule has 0 atom stereocenters. The Morgan fingerprint density at radius 2 is 1.95 bits per heavy atom. The van der Waals surface area contributed by atoms with Crippen molar-refractivity contribution in [3.05, 3.63) is 64.6 Å². The van der Waals surface area contributed by atoms with E-state index < -0.39 is 0 Å². The number of hydrogen-bond acceptors (Lipinski definition) is 4. The van der Waals surface area contributed by atoms with Crippen LogP contribution in [0, 0.1) is 5.21 Å². The number of benzene rings is 2. The monoisotopic (exact) mass is 301 g/mol. The molecule has 0 bridgehead atoms. The van der Waals surface area contributed by atoms with Gasteiger partial charge in [-0.05, 0) is 23.2 Å². The van der Waals surface area contributed by atoms with Gasteiger partial charge in [0.05, 0.1) is 5.39 Å². The Bertz CT molecular complexity index is 794. The fourth-order valence-electron chi connectivity index (χ4n) is 2.27. The zero-order chi connectivity index (χ0) is 14.8. The van der Waals surface area contributed by atoms with Crippen molar-refractivity contribution in [2.45, 2.75) is 6.54 Å². The molecular weight excluding hydrogens is 290 g/mol. The first-order chi connectivity index (χ1) is 10.2. The third-order valence-corrected chi connectivity index (χ3v) is 3.42. The van der Waals surface area contributed by atoms with E-state index in [1.807, 2.05) is 35.8 Å². The normalized spacial score (nSPS) is 11.0. The molecule has 3 aromatic rings. The van der Waals surface area contributed by atoms with E-state index in [-0.39, 0.29) is 12.4 Å². The van der Waals surface area contributed by atoms with Crippen molar-refractivity contribution in [2.75, 3.05) is 0 Å². The zero-order valence-corrected chi connectivity index (χ0v) is 11.7. The number of halogens is 1. The van der Waals surface area contributed by atoms with Gasteiger partial charge < -0.3 is 10.4 Å². The minimum Gasteiger partial charge on any atom is -0.710 e. The summed E-state index contributed by atoms with van der Waals surface area (Å²) in [6, 6.07) is 14.5. The van der Waals surface area contributed by atoms with E-state index in [0.717, 1.165) is 10.3 Å². The molecule has 0 unspecified atom stereocenters. The predicted molar refractivity (Wildman–Crippen MR) is 79.8 cm³/mol. The number of aromatic nitrogens is 2. The minimum atomic E-state index is -0.0398. The highest BCUT2D eigenvalue weighted by molar-refractivity contribution is 6.31. The number of rotatable bonds is 3. The van der Waals surface area contributed by atoms with E-state index in [1.165, 1.54) is 0 Å². The highest BCUT2D eigenvalue weighted by Crippen LogP contribution is 2.27. The van der Waals surface area contributed by atoms with Crippen LogP contribution in [-0.4, -0.2) is 10.2 Å². The Kier molecular flexibility index (Phi) is 3.70. The standard InChI is InChI=1S/C15H12ClN3O2/c16-11-6-7-13-12(8-11)15(10-4-2-1-3-5-10)19(21)14(18-13)9-17-20/h1-8,17,20H,9H2. The third kappa shape index (κ3) is 2.54. The zero-order valence-electron chi connectivity index (χ0n) is 11.0. The van der Waals surface area contributed by atoms with Crippen molar-refractivity contribution in [1.82, 2.24) is 10.5 Å². The van der Waals surface area contributed by atoms with Gasteiger partial charge in [0.25, 0.3) is 0 Å². The molecule has 0 fully saturated rings. The van der Waals surface area contributed by atoms with Gasteiger partial charge in [-0.3, -0.25) is 0 Å². The molecule has 6 heteroatoms. The fraction of sp³-hybridized carbons (Fsp3) is 0.0667. The molecule has 5 nitrogen and oxygen atoms in total. The molecule has 0 radical (unpaired) electrons. The molecule has 0 saturated heterocycles. The summed E-state index contributed by atoms with van der Waals surface area (Å²) in [5.41, 5.74) is 3.85. The maximum absolute atomic E-state index is 12.5. The van der Waals surface area contributed by atoms with Gasteiger partial charge in [0.1, 0.15) is 12.2 Å². The lowest BCUT2D eigenvalue weighted by atomic mass is 10.1. The Hall–Kier alpha value is -2.21. The van der Waals surface area contributed by atoms with Crippen LogP contribution in [0.25, 0.3) is 22.2 Å². The average Bonchev–Trinajstić information content (AvgIpc) is 2.50. The Labute approximate surface area is 126 Å². The Balaban J connectivity index is 2.38. The number of hydrogen-bond donors (Lipinski definition) is 2. The van der Waals surface area contributed by atoms with Gasteiger partial charge in [-0.1, -0.05) is 41.9 Å². The molecule has 21 heavy (non-hydrogen) atoms. The minimum absolute atomic E-state index is 0.0398. The van der Waals surface area contributed by atoms with Crippen molar-refractivity contribution >= 4 is 22.5 Å². The number of fused-ring (bicyclic) bond motifs is 1. The summed E-state index contributed by atoms with van der Waals surface area (Å²) in [5.74, 6) is 0.186. The molecule has 0 saturated carbocycles. The van der Waals surface area contributed by atoms with Crippen LogP contribution >= 0.6 is 11.6 Å². The maximum atomic E-state index is 12.5. The van der Waals surface area contributed by atoms with E-state index in [9.17, 15) is 5.21 Å². The van der Waals surface area contributed by atoms with Gasteiger partial charge in [0, 0.05) is 10.6 Å². The van der Waals surface area contributed by atoms with Gasteiger partial charge in [-0.25, -0.2) is 4.73 Å². The van der Waals surface area contributed by atoms with E-state index in [2.05, 4.69) is 4.98 Å². The van der Waals surface area contributed by atoms with Crippen LogP contribution in [0.5, 0.6) is 0 Å². The first kappa shape index (κ1) is 13.8. The summed E-state index contributed by atoms with van der Waals surface area (Å²) in [6.45, 7) is -0.0398. The van der Waals surface area contributed by atoms with Crippen molar-refractivity contribution in [3.8, 4) is 11.3 Å². The predicted octanol–water partition coefficient (Wildman–Crippen LogP) is 2.67. The number of nitrogens with one attached hydrogen (secondary N) is 1. The first-order valence-electron chi connectivity index (χ1n) is 6.35.